The second-order valence-corrected chi connectivity index (χ2v) is 24.1. The normalized spacial score (nSPS) is 21.4. The van der Waals surface area contributed by atoms with Gasteiger partial charge in [-0.25, -0.2) is 18.1 Å². The number of amides is 1. The number of aliphatic hydroxyl groups is 1. The van der Waals surface area contributed by atoms with E-state index in [1.165, 1.54) is 34.4 Å². The molecule has 76 heavy (non-hydrogen) atoms. The van der Waals surface area contributed by atoms with E-state index in [0.717, 1.165) is 107 Å². The van der Waals surface area contributed by atoms with E-state index in [-0.39, 0.29) is 34.4 Å². The number of piperidine rings is 1. The van der Waals surface area contributed by atoms with E-state index in [2.05, 4.69) is 97.9 Å². The van der Waals surface area contributed by atoms with Gasteiger partial charge in [0.15, 0.2) is 0 Å². The summed E-state index contributed by atoms with van der Waals surface area (Å²) in [7, 11) is -2.83. The number of nitrogens with one attached hydrogen (secondary N) is 3. The Balaban J connectivity index is 0.831. The highest BCUT2D eigenvalue weighted by Gasteiger charge is 2.50. The Morgan fingerprint density at radius 1 is 0.947 bits per heavy atom. The number of nitro groups is 1. The van der Waals surface area contributed by atoms with Crippen LogP contribution in [0, 0.1) is 21.4 Å². The van der Waals surface area contributed by atoms with Crippen LogP contribution in [0.2, 0.25) is 0 Å². The van der Waals surface area contributed by atoms with Gasteiger partial charge in [0.05, 0.1) is 34.3 Å². The molecule has 6 aromatic rings. The van der Waals surface area contributed by atoms with Crippen LogP contribution in [0.5, 0.6) is 17.2 Å². The molecule has 4 fully saturated rings. The maximum absolute atomic E-state index is 14.1. The van der Waals surface area contributed by atoms with Crippen molar-refractivity contribution in [2.75, 3.05) is 56.6 Å². The third kappa shape index (κ3) is 11.4. The fourth-order valence-electron chi connectivity index (χ4n) is 12.4. The number of carbonyl (C=O) groups excluding carboxylic acids is 1. The Bertz CT molecular complexity index is 3190. The number of methoxy groups -OCH3 is 1. The molecule has 4 aliphatic rings. The van der Waals surface area contributed by atoms with Crippen molar-refractivity contribution in [2.24, 2.45) is 11.3 Å². The van der Waals surface area contributed by atoms with E-state index in [1.807, 2.05) is 19.1 Å². The third-order valence-corrected chi connectivity index (χ3v) is 18.2. The minimum atomic E-state index is -4.59. The zero-order valence-corrected chi connectivity index (χ0v) is 45.2. The number of aromatic amines is 1. The molecule has 4 heterocycles. The van der Waals surface area contributed by atoms with E-state index in [9.17, 15) is 28.4 Å². The van der Waals surface area contributed by atoms with Crippen LogP contribution >= 0.6 is 0 Å². The van der Waals surface area contributed by atoms with Gasteiger partial charge >= 0.3 is 0 Å². The Labute approximate surface area is 446 Å². The van der Waals surface area contributed by atoms with Crippen LogP contribution in [0.4, 0.5) is 17.1 Å². The summed E-state index contributed by atoms with van der Waals surface area (Å²) in [5.74, 6) is 1.12. The fourth-order valence-corrected chi connectivity index (χ4v) is 13.4. The van der Waals surface area contributed by atoms with Crippen molar-refractivity contribution in [1.82, 2.24) is 24.5 Å². The van der Waals surface area contributed by atoms with Gasteiger partial charge in [-0.05, 0) is 147 Å². The van der Waals surface area contributed by atoms with Gasteiger partial charge in [-0.1, -0.05) is 57.2 Å². The average Bonchev–Trinajstić information content (AvgIpc) is 3.89. The Hall–Kier alpha value is -6.53. The van der Waals surface area contributed by atoms with Gasteiger partial charge in [0, 0.05) is 87.3 Å². The van der Waals surface area contributed by atoms with E-state index in [0.29, 0.717) is 42.7 Å². The van der Waals surface area contributed by atoms with Crippen LogP contribution in [0.3, 0.4) is 0 Å². The van der Waals surface area contributed by atoms with Crippen molar-refractivity contribution >= 4 is 44.0 Å². The highest BCUT2D eigenvalue weighted by Crippen LogP contribution is 2.53. The lowest BCUT2D eigenvalue weighted by molar-refractivity contribution is -0.384. The number of aryl methyl sites for hydroxylation is 1. The molecule has 0 unspecified atom stereocenters. The Kier molecular flexibility index (Phi) is 15.2. The highest BCUT2D eigenvalue weighted by atomic mass is 32.2. The van der Waals surface area contributed by atoms with Crippen LogP contribution in [-0.4, -0.2) is 102 Å². The van der Waals surface area contributed by atoms with E-state index < -0.39 is 37.0 Å². The smallest absolute Gasteiger partial charge is 0.293 e. The number of sulfonamides is 1. The molecule has 0 radical (unpaired) electrons. The molecule has 1 amide bonds. The first-order valence-corrected chi connectivity index (χ1v) is 28.5. The number of benzene rings is 4. The van der Waals surface area contributed by atoms with Gasteiger partial charge in [0.1, 0.15) is 28.6 Å². The lowest BCUT2D eigenvalue weighted by atomic mass is 9.59. The number of carbonyl (C=O) groups is 1. The van der Waals surface area contributed by atoms with Crippen LogP contribution in [0.1, 0.15) is 124 Å². The number of piperazine rings is 1. The number of nitrogens with zero attached hydrogens (tertiary/aromatic N) is 5. The van der Waals surface area contributed by atoms with Crippen LogP contribution < -0.4 is 24.4 Å². The minimum Gasteiger partial charge on any atom is -0.496 e. The number of anilines is 2. The second kappa shape index (κ2) is 21.8. The summed E-state index contributed by atoms with van der Waals surface area (Å²) < 4.78 is 42.1. The van der Waals surface area contributed by atoms with E-state index in [4.69, 9.17) is 9.47 Å². The SMILES string of the molecule is CCc1ccc(CN2CCN(C3CC4(CCN(c5ccc(C(=O)NS(=O)(=O)c6ccc(NC[C@H]7CC[C@](C)(O)CC7)c([N+](=O)[O-])c6)c(Oc6cnc7[nH]ccc7c6)c5)CC4)C3)[C@H](c3ccccc3C(C)C)C2)cc1OC. The lowest BCUT2D eigenvalue weighted by Crippen LogP contribution is -2.60. The molecule has 0 bridgehead atoms. The van der Waals surface area contributed by atoms with Crippen LogP contribution in [0.25, 0.3) is 11.0 Å². The van der Waals surface area contributed by atoms with Crippen molar-refractivity contribution in [2.45, 2.75) is 121 Å². The third-order valence-electron chi connectivity index (χ3n) is 16.9. The molecule has 402 valence electrons. The van der Waals surface area contributed by atoms with Crippen molar-refractivity contribution in [3.63, 3.8) is 0 Å². The number of aromatic nitrogens is 2. The first-order chi connectivity index (χ1) is 36.5. The molecular weight excluding hydrogens is 981 g/mol. The van der Waals surface area contributed by atoms with Gasteiger partial charge in [-0.2, -0.15) is 0 Å². The van der Waals surface area contributed by atoms with Crippen LogP contribution in [0.15, 0.2) is 108 Å². The summed E-state index contributed by atoms with van der Waals surface area (Å²) in [5.41, 5.74) is 6.08. The molecule has 2 aliphatic heterocycles. The summed E-state index contributed by atoms with van der Waals surface area (Å²) in [6, 6.07) is 28.9. The molecule has 2 saturated carbocycles. The quantitative estimate of drug-likeness (QED) is 0.0498. The number of ether oxygens (including phenoxy) is 2. The molecule has 4 aromatic carbocycles. The molecule has 10 rings (SSSR count). The average molecular weight is 1050 g/mol. The number of nitro benzene ring substituents is 1. The topological polar surface area (TPSA) is 196 Å². The van der Waals surface area contributed by atoms with Crippen molar-refractivity contribution < 1.29 is 32.7 Å². The molecule has 4 N–H and O–H groups in total. The largest absolute Gasteiger partial charge is 0.496 e. The zero-order valence-electron chi connectivity index (χ0n) is 44.4. The van der Waals surface area contributed by atoms with Gasteiger partial charge in [-0.15, -0.1) is 0 Å². The van der Waals surface area contributed by atoms with Gasteiger partial charge in [0.2, 0.25) is 0 Å². The summed E-state index contributed by atoms with van der Waals surface area (Å²) in [6.45, 7) is 14.4. The molecule has 1 spiro atoms. The van der Waals surface area contributed by atoms with E-state index in [1.54, 1.807) is 37.7 Å². The molecule has 16 nitrogen and oxygen atoms in total. The monoisotopic (exact) mass is 1050 g/mol. The molecule has 17 heteroatoms. The predicted molar refractivity (Wildman–Crippen MR) is 296 cm³/mol. The maximum atomic E-state index is 14.1. The minimum absolute atomic E-state index is 0.0288. The summed E-state index contributed by atoms with van der Waals surface area (Å²) in [4.78, 5) is 40.6. The van der Waals surface area contributed by atoms with Crippen molar-refractivity contribution in [3.8, 4) is 17.2 Å². The number of rotatable bonds is 17. The summed E-state index contributed by atoms with van der Waals surface area (Å²) in [6.07, 6.45) is 11.4. The van der Waals surface area contributed by atoms with Gasteiger partial charge in [-0.3, -0.25) is 24.7 Å². The molecule has 2 saturated heterocycles. The number of fused-ring (bicyclic) bond motifs is 1. The highest BCUT2D eigenvalue weighted by molar-refractivity contribution is 7.90. The van der Waals surface area contributed by atoms with Gasteiger partial charge < -0.3 is 29.8 Å². The van der Waals surface area contributed by atoms with Crippen molar-refractivity contribution in [1.29, 1.82) is 0 Å². The van der Waals surface area contributed by atoms with Crippen LogP contribution in [-0.2, 0) is 23.0 Å². The number of hydrogen-bond acceptors (Lipinski definition) is 13. The molecule has 1 atom stereocenters. The fraction of sp³-hybridized carbons (Fsp3) is 0.458. The van der Waals surface area contributed by atoms with E-state index >= 15 is 0 Å². The Morgan fingerprint density at radius 3 is 2.46 bits per heavy atom. The summed E-state index contributed by atoms with van der Waals surface area (Å²) in [5, 5.41) is 26.5. The standard InChI is InChI=1S/C59H72N8O8S/c1-6-42-12-11-41(29-54(42)74-5)37-64-27-28-66(53(38-64)49-10-8-7-9-48(49)39(2)3)45-33-59(34-45)22-25-65(26-23-59)44-13-15-50(55(31-44)75-46-30-43-19-24-60-56(43)62-36-46)57(68)63-76(72,73)47-14-16-51(52(32-47)67(70)71)61-35-40-17-20-58(4,69)21-18-40/h7-16,19,24,29-32,36,39-40,45,53,61,69H,6,17-18,20-23,25-28,33-35,37-38H2,1-5H3,(H,60,62)(H,63,68)/t40-,53-,58-/m0/s1. The molecular formula is C59H72N8O8S. The first kappa shape index (κ1) is 52.9. The predicted octanol–water partition coefficient (Wildman–Crippen LogP) is 10.7. The first-order valence-electron chi connectivity index (χ1n) is 27.0. The maximum Gasteiger partial charge on any atom is 0.293 e. The van der Waals surface area contributed by atoms with Gasteiger partial charge in [0.25, 0.3) is 21.6 Å². The Morgan fingerprint density at radius 2 is 1.72 bits per heavy atom. The zero-order chi connectivity index (χ0) is 53.4. The molecule has 2 aromatic heterocycles. The summed E-state index contributed by atoms with van der Waals surface area (Å²) >= 11 is 0. The second-order valence-electron chi connectivity index (χ2n) is 22.4. The lowest BCUT2D eigenvalue weighted by Gasteiger charge is -2.58. The number of hydrogen-bond donors (Lipinski definition) is 4. The number of pyridine rings is 1. The molecule has 2 aliphatic carbocycles. The van der Waals surface area contributed by atoms with Crippen molar-refractivity contribution in [3.05, 3.63) is 141 Å². The number of H-pyrrole nitrogens is 1.